The summed E-state index contributed by atoms with van der Waals surface area (Å²) in [6, 6.07) is 4.68. The van der Waals surface area contributed by atoms with Crippen LogP contribution >= 0.6 is 26.6 Å². The predicted octanol–water partition coefficient (Wildman–Crippen LogP) is 3.72. The molecule has 0 spiro atoms. The number of hydrogen-bond acceptors (Lipinski definition) is 2. The highest BCUT2D eigenvalue weighted by Crippen LogP contribution is 2.32. The average molecular weight is 330 g/mol. The van der Waals surface area contributed by atoms with E-state index in [1.54, 1.807) is 18.2 Å². The van der Waals surface area contributed by atoms with Gasteiger partial charge in [0.25, 0.3) is 0 Å². The van der Waals surface area contributed by atoms with Gasteiger partial charge < -0.3 is 0 Å². The fourth-order valence-corrected chi connectivity index (χ4v) is 3.18. The Bertz CT molecular complexity index is 494. The van der Waals surface area contributed by atoms with Gasteiger partial charge in [-0.05, 0) is 25.5 Å². The van der Waals surface area contributed by atoms with Crippen LogP contribution in [0.5, 0.6) is 0 Å². The highest BCUT2D eigenvalue weighted by molar-refractivity contribution is 9.10. The van der Waals surface area contributed by atoms with Gasteiger partial charge in [-0.25, -0.2) is 12.8 Å². The van der Waals surface area contributed by atoms with Crippen LogP contribution < -0.4 is 0 Å². The van der Waals surface area contributed by atoms with E-state index in [-0.39, 0.29) is 5.75 Å². The summed E-state index contributed by atoms with van der Waals surface area (Å²) in [6.07, 6.45) is 0. The Labute approximate surface area is 107 Å². The van der Waals surface area contributed by atoms with E-state index in [1.165, 1.54) is 13.8 Å². The van der Waals surface area contributed by atoms with Gasteiger partial charge in [-0.1, -0.05) is 28.1 Å². The average Bonchev–Trinajstić information content (AvgIpc) is 1.97. The molecule has 0 unspecified atom stereocenters. The minimum Gasteiger partial charge on any atom is -0.239 e. The third-order valence-corrected chi connectivity index (χ3v) is 3.67. The minimum atomic E-state index is -3.58. The maximum atomic E-state index is 13.7. The first-order valence-electron chi connectivity index (χ1n) is 4.50. The van der Waals surface area contributed by atoms with Crippen molar-refractivity contribution in [3.63, 3.8) is 0 Å². The Morgan fingerprint density at radius 1 is 1.44 bits per heavy atom. The van der Waals surface area contributed by atoms with Gasteiger partial charge in [0, 0.05) is 20.7 Å². The first kappa shape index (κ1) is 13.9. The molecule has 16 heavy (non-hydrogen) atoms. The zero-order valence-corrected chi connectivity index (χ0v) is 12.0. The quantitative estimate of drug-likeness (QED) is 0.792. The van der Waals surface area contributed by atoms with Crippen molar-refractivity contribution < 1.29 is 12.8 Å². The van der Waals surface area contributed by atoms with E-state index in [0.717, 1.165) is 0 Å². The van der Waals surface area contributed by atoms with Gasteiger partial charge in [-0.2, -0.15) is 0 Å². The van der Waals surface area contributed by atoms with Gasteiger partial charge in [0.15, 0.2) is 0 Å². The molecule has 2 nitrogen and oxygen atoms in total. The molecule has 0 aliphatic carbocycles. The molecule has 0 saturated carbocycles. The summed E-state index contributed by atoms with van der Waals surface area (Å²) in [4.78, 5) is 0. The Kier molecular flexibility index (Phi) is 4.03. The van der Waals surface area contributed by atoms with Gasteiger partial charge in [-0.3, -0.25) is 0 Å². The molecular formula is C10H11BrClFO2S. The number of halogens is 3. The van der Waals surface area contributed by atoms with E-state index in [4.69, 9.17) is 10.7 Å². The van der Waals surface area contributed by atoms with Gasteiger partial charge in [0.05, 0.1) is 5.75 Å². The smallest absolute Gasteiger partial charge is 0.236 e. The molecule has 1 aromatic rings. The molecule has 0 aliphatic heterocycles. The highest BCUT2D eigenvalue weighted by Gasteiger charge is 2.22. The molecule has 0 bridgehead atoms. The molecule has 0 saturated heterocycles. The second-order valence-electron chi connectivity index (χ2n) is 3.97. The van der Waals surface area contributed by atoms with Crippen LogP contribution in [-0.2, 0) is 20.5 Å². The summed E-state index contributed by atoms with van der Waals surface area (Å²) in [6.45, 7) is 2.87. The van der Waals surface area contributed by atoms with Crippen LogP contribution in [0.3, 0.4) is 0 Å². The van der Waals surface area contributed by atoms with E-state index >= 15 is 0 Å². The van der Waals surface area contributed by atoms with Gasteiger partial charge in [-0.15, -0.1) is 0 Å². The van der Waals surface area contributed by atoms with Gasteiger partial charge >= 0.3 is 0 Å². The van der Waals surface area contributed by atoms with E-state index < -0.39 is 14.7 Å². The molecule has 0 aliphatic rings. The van der Waals surface area contributed by atoms with Crippen LogP contribution in [0.25, 0.3) is 0 Å². The van der Waals surface area contributed by atoms with Crippen molar-refractivity contribution in [1.82, 2.24) is 0 Å². The molecule has 6 heteroatoms. The van der Waals surface area contributed by atoms with Crippen molar-refractivity contribution in [2.24, 2.45) is 0 Å². The molecule has 1 aromatic carbocycles. The maximum Gasteiger partial charge on any atom is 0.236 e. The number of alkyl halides is 1. The van der Waals surface area contributed by atoms with Crippen molar-refractivity contribution >= 4 is 35.7 Å². The van der Waals surface area contributed by atoms with Crippen molar-refractivity contribution in [3.8, 4) is 0 Å². The first-order chi connectivity index (χ1) is 7.09. The van der Waals surface area contributed by atoms with Crippen LogP contribution in [0.15, 0.2) is 22.7 Å². The largest absolute Gasteiger partial charge is 0.239 e. The summed E-state index contributed by atoms with van der Waals surface area (Å²) in [5.74, 6) is -0.264. The second-order valence-corrected chi connectivity index (χ2v) is 7.60. The first-order valence-corrected chi connectivity index (χ1v) is 7.77. The summed E-state index contributed by atoms with van der Waals surface area (Å²) < 4.78 is 36.0. The van der Waals surface area contributed by atoms with Crippen molar-refractivity contribution in [2.75, 3.05) is 0 Å². The highest BCUT2D eigenvalue weighted by atomic mass is 79.9. The Hall–Kier alpha value is -0.130. The lowest BCUT2D eigenvalue weighted by atomic mass is 9.99. The lowest BCUT2D eigenvalue weighted by Crippen LogP contribution is -2.10. The van der Waals surface area contributed by atoms with E-state index in [9.17, 15) is 12.8 Å². The molecule has 0 atom stereocenters. The lowest BCUT2D eigenvalue weighted by molar-refractivity contribution is 0.220. The lowest BCUT2D eigenvalue weighted by Gasteiger charge is -2.17. The number of rotatable bonds is 3. The minimum absolute atomic E-state index is 0.264. The normalized spacial score (nSPS) is 12.8. The SMILES string of the molecule is CC(C)(F)c1ccc(CS(=O)(=O)Cl)cc1Br. The molecule has 0 heterocycles. The maximum absolute atomic E-state index is 13.7. The van der Waals surface area contributed by atoms with Crippen LogP contribution in [-0.4, -0.2) is 8.42 Å². The molecule has 0 amide bonds. The molecule has 0 N–H and O–H groups in total. The van der Waals surface area contributed by atoms with Crippen LogP contribution in [0, 0.1) is 0 Å². The number of hydrogen-bond donors (Lipinski definition) is 0. The Balaban J connectivity index is 3.10. The molecule has 90 valence electrons. The van der Waals surface area contributed by atoms with Gasteiger partial charge in [0.1, 0.15) is 5.67 Å². The fraction of sp³-hybridized carbons (Fsp3) is 0.400. The van der Waals surface area contributed by atoms with Crippen molar-refractivity contribution in [3.05, 3.63) is 33.8 Å². The topological polar surface area (TPSA) is 34.1 Å². The van der Waals surface area contributed by atoms with Crippen molar-refractivity contribution in [1.29, 1.82) is 0 Å². The van der Waals surface area contributed by atoms with Crippen LogP contribution in [0.4, 0.5) is 4.39 Å². The Morgan fingerprint density at radius 3 is 2.38 bits per heavy atom. The van der Waals surface area contributed by atoms with E-state index in [0.29, 0.717) is 15.6 Å². The monoisotopic (exact) mass is 328 g/mol. The molecule has 0 radical (unpaired) electrons. The summed E-state index contributed by atoms with van der Waals surface area (Å²) in [7, 11) is 1.55. The zero-order chi connectivity index (χ0) is 12.6. The predicted molar refractivity (Wildman–Crippen MR) is 66.8 cm³/mol. The summed E-state index contributed by atoms with van der Waals surface area (Å²) >= 11 is 3.21. The third-order valence-electron chi connectivity index (χ3n) is 2.01. The summed E-state index contributed by atoms with van der Waals surface area (Å²) in [5, 5.41) is 0. The molecule has 0 aromatic heterocycles. The fourth-order valence-electron chi connectivity index (χ4n) is 1.33. The molecule has 0 fully saturated rings. The Morgan fingerprint density at radius 2 is 2.00 bits per heavy atom. The van der Waals surface area contributed by atoms with E-state index in [1.807, 2.05) is 0 Å². The number of benzene rings is 1. The summed E-state index contributed by atoms with van der Waals surface area (Å²) in [5.41, 5.74) is -0.477. The van der Waals surface area contributed by atoms with Crippen molar-refractivity contribution in [2.45, 2.75) is 25.3 Å². The third kappa shape index (κ3) is 4.03. The standard InChI is InChI=1S/C10H11BrClFO2S/c1-10(2,13)8-4-3-7(5-9(8)11)6-16(12,14)15/h3-5H,6H2,1-2H3. The van der Waals surface area contributed by atoms with Gasteiger partial charge in [0.2, 0.25) is 9.05 Å². The van der Waals surface area contributed by atoms with Crippen LogP contribution in [0.2, 0.25) is 0 Å². The zero-order valence-electron chi connectivity index (χ0n) is 8.80. The van der Waals surface area contributed by atoms with Crippen LogP contribution in [0.1, 0.15) is 25.0 Å². The van der Waals surface area contributed by atoms with E-state index in [2.05, 4.69) is 15.9 Å². The molecule has 1 rings (SSSR count). The second kappa shape index (κ2) is 4.63. The molecular weight excluding hydrogens is 319 g/mol.